The van der Waals surface area contributed by atoms with Crippen molar-refractivity contribution < 1.29 is 38.7 Å². The number of hydrogen-bond donors (Lipinski definition) is 2. The van der Waals surface area contributed by atoms with E-state index in [1.807, 2.05) is 49.4 Å². The number of ether oxygens (including phenoxy) is 4. The quantitative estimate of drug-likeness (QED) is 0.348. The number of benzene rings is 2. The molecule has 0 unspecified atom stereocenters. The number of rotatable bonds is 7. The van der Waals surface area contributed by atoms with E-state index < -0.39 is 46.7 Å². The Hall–Kier alpha value is -3.56. The SMILES string of the molecule is C=C(C)[C@]12C[C@H](C)[C@@]34O[C@](Cc5ccccc5)(O[C@@H]1[C@@H]3C=C(COC(=O)Cc1ccc(O)cc1)C[C@]1(O)C(=O)C(C)=C[C@@H]41)O2. The lowest BCUT2D eigenvalue weighted by atomic mass is 9.55. The van der Waals surface area contributed by atoms with Gasteiger partial charge in [-0.3, -0.25) is 9.59 Å². The number of phenolic OH excluding ortho intramolecular Hbond substituents is 1. The van der Waals surface area contributed by atoms with Gasteiger partial charge in [-0.25, -0.2) is 0 Å². The molecule has 3 aliphatic carbocycles. The average molecular weight is 599 g/mol. The number of phenols is 1. The minimum Gasteiger partial charge on any atom is -0.508 e. The molecule has 3 bridgehead atoms. The van der Waals surface area contributed by atoms with Crippen LogP contribution >= 0.6 is 0 Å². The zero-order valence-corrected chi connectivity index (χ0v) is 25.2. The molecular formula is C36H38O8. The fraction of sp³-hybridized carbons (Fsp3) is 0.444. The number of fused-ring (bicyclic) bond motifs is 2. The van der Waals surface area contributed by atoms with Gasteiger partial charge in [0.05, 0.1) is 18.4 Å². The Balaban J connectivity index is 1.29. The van der Waals surface area contributed by atoms with E-state index in [1.165, 1.54) is 12.1 Å². The van der Waals surface area contributed by atoms with Crippen LogP contribution in [0.15, 0.2) is 90.0 Å². The number of Topliss-reactive ketones (excluding diaryl/α,β-unsaturated/α-hetero) is 1. The number of carbonyl (C=O) groups is 2. The van der Waals surface area contributed by atoms with Crippen molar-refractivity contribution in [1.82, 2.24) is 0 Å². The van der Waals surface area contributed by atoms with Crippen molar-refractivity contribution >= 4 is 11.8 Å². The van der Waals surface area contributed by atoms with Crippen molar-refractivity contribution in [2.45, 2.75) is 75.3 Å². The molecule has 0 aromatic heterocycles. The van der Waals surface area contributed by atoms with Gasteiger partial charge in [-0.15, -0.1) is 0 Å². The maximum absolute atomic E-state index is 13.7. The van der Waals surface area contributed by atoms with E-state index in [0.29, 0.717) is 29.6 Å². The topological polar surface area (TPSA) is 112 Å². The van der Waals surface area contributed by atoms with Crippen molar-refractivity contribution in [3.8, 4) is 5.75 Å². The van der Waals surface area contributed by atoms with Crippen LogP contribution in [0.5, 0.6) is 5.75 Å². The summed E-state index contributed by atoms with van der Waals surface area (Å²) in [6, 6.07) is 16.2. The fourth-order valence-corrected chi connectivity index (χ4v) is 8.49. The second-order valence-electron chi connectivity index (χ2n) is 13.3. The van der Waals surface area contributed by atoms with E-state index in [0.717, 1.165) is 11.1 Å². The number of ketones is 1. The third kappa shape index (κ3) is 4.19. The van der Waals surface area contributed by atoms with Crippen LogP contribution in [0.4, 0.5) is 0 Å². The van der Waals surface area contributed by atoms with Gasteiger partial charge in [0.2, 0.25) is 0 Å². The van der Waals surface area contributed by atoms with Crippen molar-refractivity contribution in [3.05, 3.63) is 101 Å². The van der Waals surface area contributed by atoms with Gasteiger partial charge >= 0.3 is 5.97 Å². The second-order valence-corrected chi connectivity index (χ2v) is 13.3. The van der Waals surface area contributed by atoms with Gasteiger partial charge in [-0.1, -0.05) is 68.1 Å². The van der Waals surface area contributed by atoms with Gasteiger partial charge in [0, 0.05) is 18.3 Å². The highest BCUT2D eigenvalue weighted by Gasteiger charge is 2.79. The summed E-state index contributed by atoms with van der Waals surface area (Å²) >= 11 is 0. The number of hydrogen-bond acceptors (Lipinski definition) is 8. The predicted molar refractivity (Wildman–Crippen MR) is 160 cm³/mol. The standard InChI is InChI=1S/C36H38O8/c1-21(2)34-17-23(4)36-28(32(34)42-35(43-34,44-36)19-25-8-6-5-7-9-25)15-26(18-33(40)29(36)14-22(3)31(33)39)20-41-30(38)16-24-10-12-27(37)13-11-24/h5-15,23,28-29,32,37,40H,1,16-20H2,2-4H3/t23-,28-,29+,32+,33+,34+,35+,36+/m0/s1. The van der Waals surface area contributed by atoms with Crippen molar-refractivity contribution in [1.29, 1.82) is 0 Å². The molecule has 2 aromatic carbocycles. The number of carbonyl (C=O) groups excluding carboxylic acids is 2. The van der Waals surface area contributed by atoms with E-state index in [2.05, 4.69) is 13.5 Å². The summed E-state index contributed by atoms with van der Waals surface area (Å²) in [6.07, 6.45) is 4.28. The molecule has 1 saturated carbocycles. The molecule has 2 saturated heterocycles. The van der Waals surface area contributed by atoms with Gasteiger partial charge in [0.25, 0.3) is 5.97 Å². The van der Waals surface area contributed by atoms with Crippen molar-refractivity contribution in [3.63, 3.8) is 0 Å². The number of esters is 1. The third-order valence-corrected chi connectivity index (χ3v) is 10.4. The minimum atomic E-state index is -1.78. The van der Waals surface area contributed by atoms with Crippen LogP contribution in [-0.2, 0) is 41.4 Å². The summed E-state index contributed by atoms with van der Waals surface area (Å²) in [6.45, 7) is 10.0. The van der Waals surface area contributed by atoms with Crippen LogP contribution in [0.2, 0.25) is 0 Å². The molecule has 8 atom stereocenters. The first-order valence-electron chi connectivity index (χ1n) is 15.3. The van der Waals surface area contributed by atoms with E-state index in [9.17, 15) is 19.8 Å². The summed E-state index contributed by atoms with van der Waals surface area (Å²) in [5.74, 6) is -3.37. The molecule has 8 nitrogen and oxygen atoms in total. The van der Waals surface area contributed by atoms with Gasteiger partial charge in [-0.05, 0) is 66.2 Å². The molecule has 230 valence electrons. The van der Waals surface area contributed by atoms with Crippen LogP contribution in [0.3, 0.4) is 0 Å². The molecule has 44 heavy (non-hydrogen) atoms. The van der Waals surface area contributed by atoms with Crippen molar-refractivity contribution in [2.24, 2.45) is 17.8 Å². The molecule has 0 radical (unpaired) electrons. The Kier molecular flexibility index (Phi) is 6.61. The summed E-state index contributed by atoms with van der Waals surface area (Å²) in [5, 5.41) is 21.9. The molecule has 0 amide bonds. The van der Waals surface area contributed by atoms with Crippen molar-refractivity contribution in [2.75, 3.05) is 6.61 Å². The molecule has 7 rings (SSSR count). The molecular weight excluding hydrogens is 560 g/mol. The smallest absolute Gasteiger partial charge is 0.310 e. The first-order valence-corrected chi connectivity index (χ1v) is 15.3. The Morgan fingerprint density at radius 3 is 2.50 bits per heavy atom. The highest BCUT2D eigenvalue weighted by Crippen LogP contribution is 2.68. The van der Waals surface area contributed by atoms with Gasteiger partial charge < -0.3 is 29.2 Å². The second kappa shape index (κ2) is 9.97. The average Bonchev–Trinajstić information content (AvgIpc) is 3.29. The molecule has 2 aromatic rings. The van der Waals surface area contributed by atoms with Gasteiger partial charge in [0.15, 0.2) is 5.78 Å². The first-order chi connectivity index (χ1) is 20.9. The number of aromatic hydroxyl groups is 1. The van der Waals surface area contributed by atoms with Crippen LogP contribution in [0, 0.1) is 17.8 Å². The maximum atomic E-state index is 13.7. The van der Waals surface area contributed by atoms with Crippen LogP contribution < -0.4 is 0 Å². The molecule has 2 heterocycles. The molecule has 5 aliphatic rings. The summed E-state index contributed by atoms with van der Waals surface area (Å²) in [7, 11) is 0. The summed E-state index contributed by atoms with van der Waals surface area (Å²) in [5.41, 5.74) is -0.0509. The molecule has 2 N–H and O–H groups in total. The largest absolute Gasteiger partial charge is 0.508 e. The normalized spacial score (nSPS) is 38.3. The first kappa shape index (κ1) is 29.2. The highest BCUT2D eigenvalue weighted by molar-refractivity contribution is 6.04. The third-order valence-electron chi connectivity index (χ3n) is 10.4. The maximum Gasteiger partial charge on any atom is 0.310 e. The van der Waals surface area contributed by atoms with Gasteiger partial charge in [-0.2, -0.15) is 0 Å². The van der Waals surface area contributed by atoms with Crippen LogP contribution in [0.25, 0.3) is 0 Å². The predicted octanol–water partition coefficient (Wildman–Crippen LogP) is 4.74. The van der Waals surface area contributed by atoms with E-state index in [-0.39, 0.29) is 36.9 Å². The molecule has 3 fully saturated rings. The van der Waals surface area contributed by atoms with E-state index >= 15 is 0 Å². The summed E-state index contributed by atoms with van der Waals surface area (Å²) < 4.78 is 26.5. The zero-order valence-electron chi connectivity index (χ0n) is 25.2. The van der Waals surface area contributed by atoms with E-state index in [1.54, 1.807) is 19.1 Å². The Morgan fingerprint density at radius 1 is 1.07 bits per heavy atom. The lowest BCUT2D eigenvalue weighted by Gasteiger charge is -2.59. The monoisotopic (exact) mass is 598 g/mol. The van der Waals surface area contributed by atoms with E-state index in [4.69, 9.17) is 18.9 Å². The van der Waals surface area contributed by atoms with Crippen LogP contribution in [-0.4, -0.2) is 57.5 Å². The molecule has 0 spiro atoms. The van der Waals surface area contributed by atoms with Crippen LogP contribution in [0.1, 0.15) is 44.7 Å². The lowest BCUT2D eigenvalue weighted by Crippen LogP contribution is -2.70. The Morgan fingerprint density at radius 2 is 1.80 bits per heavy atom. The minimum absolute atomic E-state index is 0.00446. The Bertz CT molecular complexity index is 1590. The lowest BCUT2D eigenvalue weighted by molar-refractivity contribution is -0.421. The summed E-state index contributed by atoms with van der Waals surface area (Å²) in [4.78, 5) is 26.6. The zero-order chi connectivity index (χ0) is 31.1. The number of aliphatic hydroxyl groups is 1. The Labute approximate surface area is 257 Å². The fourth-order valence-electron chi connectivity index (χ4n) is 8.49. The van der Waals surface area contributed by atoms with Gasteiger partial charge in [0.1, 0.15) is 29.7 Å². The molecule has 8 heteroatoms. The highest BCUT2D eigenvalue weighted by atomic mass is 16.9. The molecule has 2 aliphatic heterocycles.